The van der Waals surface area contributed by atoms with Gasteiger partial charge in [0.25, 0.3) is 0 Å². The van der Waals surface area contributed by atoms with E-state index in [1.807, 2.05) is 6.92 Å². The lowest BCUT2D eigenvalue weighted by Crippen LogP contribution is -2.38. The molecule has 0 aromatic heterocycles. The summed E-state index contributed by atoms with van der Waals surface area (Å²) < 4.78 is 0. The van der Waals surface area contributed by atoms with Gasteiger partial charge in [0.15, 0.2) is 0 Å². The Labute approximate surface area is 115 Å². The molecule has 0 radical (unpaired) electrons. The normalized spacial score (nSPS) is 20.2. The molecular formula is C15H23ClN2. The van der Waals surface area contributed by atoms with Crippen LogP contribution in [0, 0.1) is 0 Å². The van der Waals surface area contributed by atoms with Gasteiger partial charge in [0, 0.05) is 18.1 Å². The van der Waals surface area contributed by atoms with Gasteiger partial charge in [-0.3, -0.25) is 0 Å². The number of halogens is 1. The molecule has 2 rings (SSSR count). The highest BCUT2D eigenvalue weighted by atomic mass is 35.5. The first-order chi connectivity index (χ1) is 8.40. The monoisotopic (exact) mass is 266 g/mol. The summed E-state index contributed by atoms with van der Waals surface area (Å²) in [6.07, 6.45) is 3.35. The molecule has 1 atom stereocenters. The van der Waals surface area contributed by atoms with Crippen molar-refractivity contribution in [2.75, 3.05) is 11.4 Å². The van der Waals surface area contributed by atoms with Crippen LogP contribution in [0.1, 0.15) is 39.2 Å². The van der Waals surface area contributed by atoms with Gasteiger partial charge in [0.05, 0.1) is 10.7 Å². The van der Waals surface area contributed by atoms with Crippen molar-refractivity contribution in [2.24, 2.45) is 5.73 Å². The average Bonchev–Trinajstić information content (AvgIpc) is 2.57. The van der Waals surface area contributed by atoms with Crippen molar-refractivity contribution in [2.45, 2.75) is 51.6 Å². The summed E-state index contributed by atoms with van der Waals surface area (Å²) >= 11 is 6.44. The molecule has 0 saturated carbocycles. The minimum atomic E-state index is 0.176. The predicted molar refractivity (Wildman–Crippen MR) is 79.5 cm³/mol. The van der Waals surface area contributed by atoms with E-state index < -0.39 is 0 Å². The fraction of sp³-hybridized carbons (Fsp3) is 0.600. The van der Waals surface area contributed by atoms with Crippen LogP contribution in [0.15, 0.2) is 18.2 Å². The zero-order valence-corrected chi connectivity index (χ0v) is 12.3. The quantitative estimate of drug-likeness (QED) is 0.906. The lowest BCUT2D eigenvalue weighted by Gasteiger charge is -2.34. The van der Waals surface area contributed by atoms with Crippen molar-refractivity contribution in [3.63, 3.8) is 0 Å². The molecule has 1 aliphatic heterocycles. The summed E-state index contributed by atoms with van der Waals surface area (Å²) in [5.74, 6) is 0. The van der Waals surface area contributed by atoms with Gasteiger partial charge in [-0.05, 0) is 57.7 Å². The minimum absolute atomic E-state index is 0.176. The minimum Gasteiger partial charge on any atom is -0.365 e. The van der Waals surface area contributed by atoms with Crippen LogP contribution in [-0.4, -0.2) is 18.1 Å². The number of nitrogens with two attached hydrogens (primary N) is 1. The maximum atomic E-state index is 6.44. The number of hydrogen-bond donors (Lipinski definition) is 1. The summed E-state index contributed by atoms with van der Waals surface area (Å²) in [5, 5.41) is 0.850. The van der Waals surface area contributed by atoms with E-state index in [1.165, 1.54) is 18.4 Å². The van der Waals surface area contributed by atoms with Gasteiger partial charge in [-0.25, -0.2) is 0 Å². The molecule has 3 heteroatoms. The van der Waals surface area contributed by atoms with Crippen molar-refractivity contribution < 1.29 is 0 Å². The molecule has 18 heavy (non-hydrogen) atoms. The number of anilines is 1. The highest BCUT2D eigenvalue weighted by Gasteiger charge is 2.32. The van der Waals surface area contributed by atoms with E-state index in [2.05, 4.69) is 36.9 Å². The molecule has 1 aliphatic rings. The Bertz CT molecular complexity index is 427. The number of nitrogens with zero attached hydrogens (tertiary/aromatic N) is 1. The van der Waals surface area contributed by atoms with Crippen LogP contribution >= 0.6 is 11.6 Å². The molecule has 100 valence electrons. The van der Waals surface area contributed by atoms with Crippen molar-refractivity contribution in [3.05, 3.63) is 28.8 Å². The van der Waals surface area contributed by atoms with Crippen LogP contribution in [0.3, 0.4) is 0 Å². The summed E-state index contributed by atoms with van der Waals surface area (Å²) in [4.78, 5) is 2.42. The lowest BCUT2D eigenvalue weighted by atomic mass is 10.0. The fourth-order valence-corrected chi connectivity index (χ4v) is 3.13. The van der Waals surface area contributed by atoms with Crippen LogP contribution in [0.5, 0.6) is 0 Å². The van der Waals surface area contributed by atoms with Gasteiger partial charge >= 0.3 is 0 Å². The van der Waals surface area contributed by atoms with E-state index >= 15 is 0 Å². The van der Waals surface area contributed by atoms with Crippen molar-refractivity contribution in [1.82, 2.24) is 0 Å². The standard InChI is InChI=1S/C15H23ClN2/c1-11(17)9-12-5-6-14(13(16)10-12)18-8-4-7-15(18,2)3/h5-6,10-11H,4,7-9,17H2,1-3H3. The molecule has 1 aromatic carbocycles. The van der Waals surface area contributed by atoms with E-state index in [-0.39, 0.29) is 11.6 Å². The SMILES string of the molecule is CC(N)Cc1ccc(N2CCCC2(C)C)c(Cl)c1. The van der Waals surface area contributed by atoms with E-state index in [0.29, 0.717) is 0 Å². The molecule has 1 fully saturated rings. The zero-order chi connectivity index (χ0) is 13.3. The van der Waals surface area contributed by atoms with E-state index in [1.54, 1.807) is 0 Å². The topological polar surface area (TPSA) is 29.3 Å². The summed E-state index contributed by atoms with van der Waals surface area (Å²) in [7, 11) is 0. The summed E-state index contributed by atoms with van der Waals surface area (Å²) in [6, 6.07) is 6.54. The van der Waals surface area contributed by atoms with Crippen LogP contribution in [0.4, 0.5) is 5.69 Å². The van der Waals surface area contributed by atoms with E-state index in [4.69, 9.17) is 17.3 Å². The molecule has 1 unspecified atom stereocenters. The van der Waals surface area contributed by atoms with Gasteiger partial charge in [-0.15, -0.1) is 0 Å². The Hall–Kier alpha value is -0.730. The summed E-state index contributed by atoms with van der Waals surface area (Å²) in [5.41, 5.74) is 8.42. The van der Waals surface area contributed by atoms with Crippen LogP contribution < -0.4 is 10.6 Å². The highest BCUT2D eigenvalue weighted by Crippen LogP contribution is 2.37. The Morgan fingerprint density at radius 3 is 2.67 bits per heavy atom. The highest BCUT2D eigenvalue weighted by molar-refractivity contribution is 6.33. The predicted octanol–water partition coefficient (Wildman–Crippen LogP) is 3.61. The van der Waals surface area contributed by atoms with Crippen LogP contribution in [0.25, 0.3) is 0 Å². The smallest absolute Gasteiger partial charge is 0.0642 e. The third-order valence-corrected chi connectivity index (χ3v) is 4.06. The first-order valence-corrected chi connectivity index (χ1v) is 7.09. The first-order valence-electron chi connectivity index (χ1n) is 6.72. The Morgan fingerprint density at radius 1 is 1.44 bits per heavy atom. The number of benzene rings is 1. The van der Waals surface area contributed by atoms with Crippen molar-refractivity contribution >= 4 is 17.3 Å². The van der Waals surface area contributed by atoms with E-state index in [0.717, 1.165) is 23.7 Å². The Kier molecular flexibility index (Phi) is 3.88. The van der Waals surface area contributed by atoms with Crippen LogP contribution in [0.2, 0.25) is 5.02 Å². The van der Waals surface area contributed by atoms with Gasteiger partial charge in [0.2, 0.25) is 0 Å². The molecule has 1 heterocycles. The molecular weight excluding hydrogens is 244 g/mol. The maximum absolute atomic E-state index is 6.44. The molecule has 0 bridgehead atoms. The molecule has 0 aliphatic carbocycles. The second kappa shape index (κ2) is 5.10. The van der Waals surface area contributed by atoms with Gasteiger partial charge < -0.3 is 10.6 Å². The Morgan fingerprint density at radius 2 is 2.17 bits per heavy atom. The van der Waals surface area contributed by atoms with Crippen molar-refractivity contribution in [1.29, 1.82) is 0 Å². The van der Waals surface area contributed by atoms with Gasteiger partial charge in [-0.2, -0.15) is 0 Å². The molecule has 1 aromatic rings. The second-order valence-corrected chi connectivity index (χ2v) is 6.44. The third kappa shape index (κ3) is 2.81. The maximum Gasteiger partial charge on any atom is 0.0642 e. The molecule has 2 nitrogen and oxygen atoms in total. The average molecular weight is 267 g/mol. The first kappa shape index (κ1) is 13.7. The number of hydrogen-bond acceptors (Lipinski definition) is 2. The van der Waals surface area contributed by atoms with Crippen molar-refractivity contribution in [3.8, 4) is 0 Å². The lowest BCUT2D eigenvalue weighted by molar-refractivity contribution is 0.518. The zero-order valence-electron chi connectivity index (χ0n) is 11.5. The molecule has 0 amide bonds. The Balaban J connectivity index is 2.25. The van der Waals surface area contributed by atoms with Gasteiger partial charge in [0.1, 0.15) is 0 Å². The van der Waals surface area contributed by atoms with Crippen LogP contribution in [-0.2, 0) is 6.42 Å². The molecule has 2 N–H and O–H groups in total. The molecule has 0 spiro atoms. The summed E-state index contributed by atoms with van der Waals surface area (Å²) in [6.45, 7) is 7.68. The fourth-order valence-electron chi connectivity index (χ4n) is 2.82. The third-order valence-electron chi connectivity index (χ3n) is 3.76. The second-order valence-electron chi connectivity index (χ2n) is 6.03. The molecule has 1 saturated heterocycles. The largest absolute Gasteiger partial charge is 0.365 e. The number of rotatable bonds is 3. The van der Waals surface area contributed by atoms with E-state index in [9.17, 15) is 0 Å². The van der Waals surface area contributed by atoms with Gasteiger partial charge in [-0.1, -0.05) is 17.7 Å².